The smallest absolute Gasteiger partial charge is 0.243 e. The molecule has 112 valence electrons. The molecule has 2 N–H and O–H groups in total. The molecule has 3 unspecified atom stereocenters. The molecule has 1 saturated heterocycles. The molecule has 0 radical (unpaired) electrons. The summed E-state index contributed by atoms with van der Waals surface area (Å²) < 4.78 is 27.1. The Morgan fingerprint density at radius 3 is 2.40 bits per heavy atom. The zero-order valence-corrected chi connectivity index (χ0v) is 13.2. The van der Waals surface area contributed by atoms with E-state index in [1.807, 2.05) is 13.0 Å². The number of nitrogens with zero attached hydrogens (tertiary/aromatic N) is 1. The van der Waals surface area contributed by atoms with E-state index >= 15 is 0 Å². The average Bonchev–Trinajstić information content (AvgIpc) is 2.37. The lowest BCUT2D eigenvalue weighted by Crippen LogP contribution is -2.42. The Hall–Kier alpha value is -0.910. The molecule has 0 spiro atoms. The summed E-state index contributed by atoms with van der Waals surface area (Å²) in [6.45, 7) is 7.29. The van der Waals surface area contributed by atoms with E-state index in [1.165, 1.54) is 0 Å². The van der Waals surface area contributed by atoms with Gasteiger partial charge in [-0.25, -0.2) is 8.42 Å². The summed E-state index contributed by atoms with van der Waals surface area (Å²) in [5.41, 5.74) is 6.69. The van der Waals surface area contributed by atoms with E-state index in [9.17, 15) is 8.42 Å². The molecule has 0 saturated carbocycles. The normalized spacial score (nSPS) is 26.4. The van der Waals surface area contributed by atoms with Crippen LogP contribution in [0.2, 0.25) is 0 Å². The molecule has 1 fully saturated rings. The van der Waals surface area contributed by atoms with Crippen molar-refractivity contribution in [2.45, 2.75) is 38.1 Å². The molecule has 1 aromatic rings. The Bertz CT molecular complexity index is 559. The lowest BCUT2D eigenvalue weighted by atomic mass is 9.94. The Balaban J connectivity index is 2.32. The zero-order chi connectivity index (χ0) is 14.9. The van der Waals surface area contributed by atoms with Gasteiger partial charge in [0.05, 0.1) is 4.90 Å². The Morgan fingerprint density at radius 1 is 1.25 bits per heavy atom. The maximum absolute atomic E-state index is 12.7. The monoisotopic (exact) mass is 296 g/mol. The standard InChI is InChI=1S/C15H24N2O2S/c1-11-7-12(2)10-17(9-11)20(18,19)15-6-4-5-14(8-15)13(3)16/h4-6,8,11-13H,7,9-10,16H2,1-3H3. The van der Waals surface area contributed by atoms with Gasteiger partial charge in [-0.2, -0.15) is 4.31 Å². The van der Waals surface area contributed by atoms with Gasteiger partial charge in [-0.05, 0) is 42.9 Å². The average molecular weight is 296 g/mol. The highest BCUT2D eigenvalue weighted by atomic mass is 32.2. The lowest BCUT2D eigenvalue weighted by Gasteiger charge is -2.34. The third-order valence-electron chi connectivity index (χ3n) is 3.86. The number of piperidine rings is 1. The van der Waals surface area contributed by atoms with Gasteiger partial charge in [0.25, 0.3) is 0 Å². The SMILES string of the molecule is CC1CC(C)CN(S(=O)(=O)c2cccc(C(C)N)c2)C1. The summed E-state index contributed by atoms with van der Waals surface area (Å²) in [7, 11) is -3.41. The van der Waals surface area contributed by atoms with E-state index in [-0.39, 0.29) is 6.04 Å². The van der Waals surface area contributed by atoms with Crippen LogP contribution in [0.25, 0.3) is 0 Å². The van der Waals surface area contributed by atoms with Crippen LogP contribution in [0.3, 0.4) is 0 Å². The summed E-state index contributed by atoms with van der Waals surface area (Å²) in [6, 6.07) is 6.83. The molecule has 2 rings (SSSR count). The first-order valence-corrected chi connectivity index (χ1v) is 8.60. The molecule has 4 nitrogen and oxygen atoms in total. The molecule has 1 aliphatic rings. The first-order chi connectivity index (χ1) is 9.30. The van der Waals surface area contributed by atoms with Crippen molar-refractivity contribution in [1.29, 1.82) is 0 Å². The maximum Gasteiger partial charge on any atom is 0.243 e. The van der Waals surface area contributed by atoms with Gasteiger partial charge in [-0.1, -0.05) is 26.0 Å². The van der Waals surface area contributed by atoms with Gasteiger partial charge >= 0.3 is 0 Å². The van der Waals surface area contributed by atoms with E-state index in [0.29, 0.717) is 29.8 Å². The molecular weight excluding hydrogens is 272 g/mol. The van der Waals surface area contributed by atoms with Gasteiger partial charge in [0.1, 0.15) is 0 Å². The topological polar surface area (TPSA) is 63.4 Å². The maximum atomic E-state index is 12.7. The summed E-state index contributed by atoms with van der Waals surface area (Å²) in [5, 5.41) is 0. The van der Waals surface area contributed by atoms with Crippen LogP contribution in [0, 0.1) is 11.8 Å². The van der Waals surface area contributed by atoms with Crippen molar-refractivity contribution in [3.8, 4) is 0 Å². The molecular formula is C15H24N2O2S. The number of benzene rings is 1. The Morgan fingerprint density at radius 2 is 1.85 bits per heavy atom. The Labute approximate surface area is 122 Å². The van der Waals surface area contributed by atoms with Crippen LogP contribution >= 0.6 is 0 Å². The van der Waals surface area contributed by atoms with Gasteiger partial charge in [0, 0.05) is 19.1 Å². The highest BCUT2D eigenvalue weighted by Gasteiger charge is 2.31. The summed E-state index contributed by atoms with van der Waals surface area (Å²) in [6.07, 6.45) is 1.09. The quantitative estimate of drug-likeness (QED) is 0.931. The number of sulfonamides is 1. The van der Waals surface area contributed by atoms with Crippen molar-refractivity contribution in [2.75, 3.05) is 13.1 Å². The molecule has 0 bridgehead atoms. The molecule has 1 aromatic carbocycles. The van der Waals surface area contributed by atoms with Gasteiger partial charge in [-0.3, -0.25) is 0 Å². The molecule has 0 aliphatic carbocycles. The first-order valence-electron chi connectivity index (χ1n) is 7.16. The molecule has 5 heteroatoms. The van der Waals surface area contributed by atoms with E-state index in [4.69, 9.17) is 5.73 Å². The van der Waals surface area contributed by atoms with E-state index in [1.54, 1.807) is 22.5 Å². The van der Waals surface area contributed by atoms with Crippen LogP contribution in [-0.2, 0) is 10.0 Å². The lowest BCUT2D eigenvalue weighted by molar-refractivity contribution is 0.222. The number of hydrogen-bond acceptors (Lipinski definition) is 3. The van der Waals surface area contributed by atoms with Crippen LogP contribution < -0.4 is 5.73 Å². The fraction of sp³-hybridized carbons (Fsp3) is 0.600. The minimum atomic E-state index is -3.41. The van der Waals surface area contributed by atoms with Crippen molar-refractivity contribution in [1.82, 2.24) is 4.31 Å². The fourth-order valence-electron chi connectivity index (χ4n) is 2.91. The highest BCUT2D eigenvalue weighted by molar-refractivity contribution is 7.89. The fourth-order valence-corrected chi connectivity index (χ4v) is 4.64. The van der Waals surface area contributed by atoms with Crippen molar-refractivity contribution in [3.63, 3.8) is 0 Å². The third-order valence-corrected chi connectivity index (χ3v) is 5.68. The first kappa shape index (κ1) is 15.5. The number of hydrogen-bond donors (Lipinski definition) is 1. The van der Waals surface area contributed by atoms with Crippen LogP contribution in [0.4, 0.5) is 0 Å². The zero-order valence-electron chi connectivity index (χ0n) is 12.4. The minimum Gasteiger partial charge on any atom is -0.324 e. The largest absolute Gasteiger partial charge is 0.324 e. The van der Waals surface area contributed by atoms with Gasteiger partial charge in [0.2, 0.25) is 10.0 Å². The predicted molar refractivity (Wildman–Crippen MR) is 80.7 cm³/mol. The molecule has 0 amide bonds. The number of rotatable bonds is 3. The van der Waals surface area contributed by atoms with E-state index in [0.717, 1.165) is 12.0 Å². The summed E-state index contributed by atoms with van der Waals surface area (Å²) in [4.78, 5) is 0.355. The van der Waals surface area contributed by atoms with Gasteiger partial charge in [-0.15, -0.1) is 0 Å². The number of nitrogens with two attached hydrogens (primary N) is 1. The third kappa shape index (κ3) is 3.22. The molecule has 3 atom stereocenters. The molecule has 0 aromatic heterocycles. The summed E-state index contributed by atoms with van der Waals surface area (Å²) >= 11 is 0. The van der Waals surface area contributed by atoms with Crippen LogP contribution in [0.5, 0.6) is 0 Å². The second kappa shape index (κ2) is 5.84. The molecule has 1 heterocycles. The predicted octanol–water partition coefficient (Wildman–Crippen LogP) is 2.37. The summed E-state index contributed by atoms with van der Waals surface area (Å²) in [5.74, 6) is 0.815. The van der Waals surface area contributed by atoms with Crippen molar-refractivity contribution in [2.24, 2.45) is 17.6 Å². The highest BCUT2D eigenvalue weighted by Crippen LogP contribution is 2.27. The van der Waals surface area contributed by atoms with E-state index < -0.39 is 10.0 Å². The minimum absolute atomic E-state index is 0.163. The van der Waals surface area contributed by atoms with Gasteiger partial charge in [0.15, 0.2) is 0 Å². The van der Waals surface area contributed by atoms with Crippen molar-refractivity contribution >= 4 is 10.0 Å². The van der Waals surface area contributed by atoms with E-state index in [2.05, 4.69) is 13.8 Å². The second-order valence-corrected chi connectivity index (χ2v) is 8.07. The molecule has 20 heavy (non-hydrogen) atoms. The van der Waals surface area contributed by atoms with Crippen molar-refractivity contribution < 1.29 is 8.42 Å². The van der Waals surface area contributed by atoms with Crippen LogP contribution in [0.1, 0.15) is 38.8 Å². The van der Waals surface area contributed by atoms with Gasteiger partial charge < -0.3 is 5.73 Å². The molecule has 1 aliphatic heterocycles. The van der Waals surface area contributed by atoms with Crippen LogP contribution in [-0.4, -0.2) is 25.8 Å². The van der Waals surface area contributed by atoms with Crippen molar-refractivity contribution in [3.05, 3.63) is 29.8 Å². The Kier molecular flexibility index (Phi) is 4.52. The van der Waals surface area contributed by atoms with Crippen LogP contribution in [0.15, 0.2) is 29.2 Å². The second-order valence-electron chi connectivity index (χ2n) is 6.13.